The third-order valence-electron chi connectivity index (χ3n) is 4.34. The average Bonchev–Trinajstić information content (AvgIpc) is 2.73. The molecule has 1 heterocycles. The predicted octanol–water partition coefficient (Wildman–Crippen LogP) is 4.23. The zero-order chi connectivity index (χ0) is 21.7. The molecule has 30 heavy (non-hydrogen) atoms. The Hall–Kier alpha value is -3.45. The summed E-state index contributed by atoms with van der Waals surface area (Å²) in [5.41, 5.74) is 3.36. The Morgan fingerprint density at radius 3 is 2.73 bits per heavy atom. The first kappa shape index (κ1) is 21.3. The zero-order valence-electron chi connectivity index (χ0n) is 16.8. The molecule has 0 unspecified atom stereocenters. The molecule has 0 bridgehead atoms. The van der Waals surface area contributed by atoms with Gasteiger partial charge in [-0.25, -0.2) is 18.2 Å². The van der Waals surface area contributed by atoms with Gasteiger partial charge in [-0.15, -0.1) is 0 Å². The molecule has 154 valence electrons. The molecule has 0 amide bonds. The predicted molar refractivity (Wildman–Crippen MR) is 117 cm³/mol. The van der Waals surface area contributed by atoms with Crippen molar-refractivity contribution < 1.29 is 17.9 Å². The van der Waals surface area contributed by atoms with Crippen LogP contribution in [0.15, 0.2) is 78.3 Å². The van der Waals surface area contributed by atoms with Crippen molar-refractivity contribution in [2.24, 2.45) is 0 Å². The van der Waals surface area contributed by atoms with Gasteiger partial charge in [-0.2, -0.15) is 0 Å². The van der Waals surface area contributed by atoms with Crippen LogP contribution in [0.4, 0.5) is 0 Å². The van der Waals surface area contributed by atoms with Gasteiger partial charge in [0.1, 0.15) is 0 Å². The van der Waals surface area contributed by atoms with Crippen molar-refractivity contribution in [1.82, 2.24) is 9.71 Å². The molecule has 3 aromatic rings. The van der Waals surface area contributed by atoms with E-state index in [1.807, 2.05) is 37.3 Å². The van der Waals surface area contributed by atoms with E-state index in [4.69, 9.17) is 4.74 Å². The second-order valence-corrected chi connectivity index (χ2v) is 8.33. The smallest absolute Gasteiger partial charge is 0.338 e. The molecule has 0 saturated heterocycles. The Bertz CT molecular complexity index is 1250. The number of carbonyl (C=O) groups excluding carboxylic acids is 1. The van der Waals surface area contributed by atoms with Gasteiger partial charge in [-0.1, -0.05) is 30.3 Å². The topological polar surface area (TPSA) is 85.4 Å². The normalized spacial score (nSPS) is 11.5. The number of aryl methyl sites for hydroxylation is 1. The highest BCUT2D eigenvalue weighted by molar-refractivity contribution is 7.89. The van der Waals surface area contributed by atoms with Gasteiger partial charge in [0.25, 0.3) is 10.0 Å². The average molecular weight is 423 g/mol. The molecule has 0 aliphatic carbocycles. The second-order valence-electron chi connectivity index (χ2n) is 6.62. The van der Waals surface area contributed by atoms with Crippen molar-refractivity contribution in [2.45, 2.75) is 18.7 Å². The summed E-state index contributed by atoms with van der Waals surface area (Å²) in [5, 5.41) is 1.03. The minimum atomic E-state index is -3.85. The highest BCUT2D eigenvalue weighted by atomic mass is 32.2. The molecule has 0 fully saturated rings. The number of rotatable bonds is 7. The quantitative estimate of drug-likeness (QED) is 0.455. The van der Waals surface area contributed by atoms with Gasteiger partial charge in [0.15, 0.2) is 0 Å². The molecular weight excluding hydrogens is 400 g/mol. The molecule has 0 spiro atoms. The van der Waals surface area contributed by atoms with Crippen LogP contribution in [-0.2, 0) is 14.8 Å². The van der Waals surface area contributed by atoms with Crippen molar-refractivity contribution in [3.8, 4) is 0 Å². The van der Waals surface area contributed by atoms with Crippen molar-refractivity contribution in [1.29, 1.82) is 0 Å². The van der Waals surface area contributed by atoms with E-state index in [2.05, 4.69) is 16.3 Å². The van der Waals surface area contributed by atoms with Crippen LogP contribution in [0.2, 0.25) is 0 Å². The van der Waals surface area contributed by atoms with Gasteiger partial charge >= 0.3 is 5.97 Å². The molecule has 0 saturated carbocycles. The SMILES string of the molecule is C=C(C=CNS(=O)(=O)c1cccc(C(=O)OCC)c1)c1ccc2cc(C)ccc2n1. The molecule has 1 N–H and O–H groups in total. The molecule has 6 nitrogen and oxygen atoms in total. The first-order chi connectivity index (χ1) is 14.3. The van der Waals surface area contributed by atoms with Crippen LogP contribution in [0.5, 0.6) is 0 Å². The van der Waals surface area contributed by atoms with E-state index < -0.39 is 16.0 Å². The maximum absolute atomic E-state index is 12.5. The number of sulfonamides is 1. The molecule has 0 radical (unpaired) electrons. The van der Waals surface area contributed by atoms with Crippen molar-refractivity contribution in [3.05, 3.63) is 90.3 Å². The largest absolute Gasteiger partial charge is 0.462 e. The Balaban J connectivity index is 1.74. The number of allylic oxidation sites excluding steroid dienone is 2. The molecule has 0 atom stereocenters. The molecule has 1 aromatic heterocycles. The van der Waals surface area contributed by atoms with Gasteiger partial charge in [0.05, 0.1) is 28.3 Å². The van der Waals surface area contributed by atoms with E-state index in [9.17, 15) is 13.2 Å². The summed E-state index contributed by atoms with van der Waals surface area (Å²) in [7, 11) is -3.85. The number of fused-ring (bicyclic) bond motifs is 1. The summed E-state index contributed by atoms with van der Waals surface area (Å²) in [5.74, 6) is -0.573. The number of aromatic nitrogens is 1. The fraction of sp³-hybridized carbons (Fsp3) is 0.130. The van der Waals surface area contributed by atoms with Crippen LogP contribution in [0, 0.1) is 6.92 Å². The fourth-order valence-electron chi connectivity index (χ4n) is 2.81. The molecular formula is C23H22N2O4S. The number of nitrogens with zero attached hydrogens (tertiary/aromatic N) is 1. The fourth-order valence-corrected chi connectivity index (χ4v) is 3.73. The van der Waals surface area contributed by atoms with Crippen molar-refractivity contribution in [2.75, 3.05) is 6.61 Å². The second kappa shape index (κ2) is 8.92. The van der Waals surface area contributed by atoms with E-state index in [1.165, 1.54) is 36.5 Å². The highest BCUT2D eigenvalue weighted by Crippen LogP contribution is 2.19. The van der Waals surface area contributed by atoms with Gasteiger partial charge in [0.2, 0.25) is 0 Å². The minimum Gasteiger partial charge on any atom is -0.462 e. The van der Waals surface area contributed by atoms with E-state index in [1.54, 1.807) is 6.92 Å². The maximum Gasteiger partial charge on any atom is 0.338 e. The van der Waals surface area contributed by atoms with E-state index in [-0.39, 0.29) is 17.1 Å². The Morgan fingerprint density at radius 1 is 1.17 bits per heavy atom. The lowest BCUT2D eigenvalue weighted by atomic mass is 10.1. The number of nitrogens with one attached hydrogen (secondary N) is 1. The number of ether oxygens (including phenoxy) is 1. The maximum atomic E-state index is 12.5. The van der Waals surface area contributed by atoms with Crippen LogP contribution in [0.1, 0.15) is 28.5 Å². The highest BCUT2D eigenvalue weighted by Gasteiger charge is 2.15. The van der Waals surface area contributed by atoms with Gasteiger partial charge in [-0.05, 0) is 61.9 Å². The lowest BCUT2D eigenvalue weighted by Crippen LogP contribution is -2.18. The number of carbonyl (C=O) groups is 1. The number of benzene rings is 2. The first-order valence-corrected chi connectivity index (χ1v) is 10.8. The zero-order valence-corrected chi connectivity index (χ0v) is 17.6. The van der Waals surface area contributed by atoms with Crippen LogP contribution in [0.25, 0.3) is 16.5 Å². The lowest BCUT2D eigenvalue weighted by Gasteiger charge is -2.07. The van der Waals surface area contributed by atoms with Crippen LogP contribution >= 0.6 is 0 Å². The van der Waals surface area contributed by atoms with Crippen LogP contribution in [0.3, 0.4) is 0 Å². The number of hydrogen-bond acceptors (Lipinski definition) is 5. The number of pyridine rings is 1. The summed E-state index contributed by atoms with van der Waals surface area (Å²) in [6.07, 6.45) is 2.82. The standard InChI is InChI=1S/C23H22N2O4S/c1-4-29-23(26)19-6-5-7-20(15-19)30(27,28)24-13-12-17(3)21-11-9-18-14-16(2)8-10-22(18)25-21/h5-15,24H,3-4H2,1-2H3. The van der Waals surface area contributed by atoms with E-state index >= 15 is 0 Å². The molecule has 0 aliphatic rings. The lowest BCUT2D eigenvalue weighted by molar-refractivity contribution is 0.0526. The monoisotopic (exact) mass is 422 g/mol. The summed E-state index contributed by atoms with van der Waals surface area (Å²) in [4.78, 5) is 16.3. The Labute approximate surface area is 176 Å². The van der Waals surface area contributed by atoms with Gasteiger partial charge in [0, 0.05) is 11.6 Å². The molecule has 0 aliphatic heterocycles. The Morgan fingerprint density at radius 2 is 1.97 bits per heavy atom. The summed E-state index contributed by atoms with van der Waals surface area (Å²) >= 11 is 0. The van der Waals surface area contributed by atoms with Crippen LogP contribution in [-0.4, -0.2) is 26.0 Å². The number of hydrogen-bond donors (Lipinski definition) is 1. The molecule has 3 rings (SSSR count). The molecule has 2 aromatic carbocycles. The van der Waals surface area contributed by atoms with E-state index in [0.29, 0.717) is 11.3 Å². The third kappa shape index (κ3) is 4.93. The molecule has 7 heteroatoms. The van der Waals surface area contributed by atoms with Crippen LogP contribution < -0.4 is 4.72 Å². The first-order valence-electron chi connectivity index (χ1n) is 9.33. The summed E-state index contributed by atoms with van der Waals surface area (Å²) in [6.45, 7) is 7.86. The summed E-state index contributed by atoms with van der Waals surface area (Å²) in [6, 6.07) is 15.4. The van der Waals surface area contributed by atoms with Crippen molar-refractivity contribution >= 4 is 32.5 Å². The summed E-state index contributed by atoms with van der Waals surface area (Å²) < 4.78 is 32.3. The number of esters is 1. The van der Waals surface area contributed by atoms with Crippen molar-refractivity contribution in [3.63, 3.8) is 0 Å². The van der Waals surface area contributed by atoms with Gasteiger partial charge in [-0.3, -0.25) is 4.72 Å². The van der Waals surface area contributed by atoms with Gasteiger partial charge < -0.3 is 4.74 Å². The Kier molecular flexibility index (Phi) is 6.32. The minimum absolute atomic E-state index is 0.0393. The third-order valence-corrected chi connectivity index (χ3v) is 5.66. The van der Waals surface area contributed by atoms with E-state index in [0.717, 1.165) is 16.5 Å².